The zero-order chi connectivity index (χ0) is 20.2. The predicted molar refractivity (Wildman–Crippen MR) is 104 cm³/mol. The highest BCUT2D eigenvalue weighted by molar-refractivity contribution is 5.70. The van der Waals surface area contributed by atoms with Gasteiger partial charge < -0.3 is 15.0 Å². The molecule has 3 aliphatic carbocycles. The van der Waals surface area contributed by atoms with E-state index in [0.29, 0.717) is 60.3 Å². The van der Waals surface area contributed by atoms with Gasteiger partial charge in [0.2, 0.25) is 5.95 Å². The average Bonchev–Trinajstić information content (AvgIpc) is 3.09. The van der Waals surface area contributed by atoms with Gasteiger partial charge in [-0.2, -0.15) is 13.8 Å². The Morgan fingerprint density at radius 2 is 2.00 bits per heavy atom. The summed E-state index contributed by atoms with van der Waals surface area (Å²) in [4.78, 5) is 22.7. The summed E-state index contributed by atoms with van der Waals surface area (Å²) < 4.78 is 34.1. The fourth-order valence-electron chi connectivity index (χ4n) is 5.28. The summed E-state index contributed by atoms with van der Waals surface area (Å²) in [5.41, 5.74) is 0.526. The maximum absolute atomic E-state index is 14.7. The van der Waals surface area contributed by atoms with Crippen LogP contribution >= 0.6 is 0 Å². The number of esters is 1. The maximum atomic E-state index is 14.7. The molecule has 5 rings (SSSR count). The highest BCUT2D eigenvalue weighted by atomic mass is 19.3. The SMILES string of the molecule is COC(=O)CC1C2CN(c3nc(NCC4CCC4)nc4c3CCCC4(F)F)CC12. The van der Waals surface area contributed by atoms with Gasteiger partial charge in [0, 0.05) is 38.0 Å². The van der Waals surface area contributed by atoms with Crippen molar-refractivity contribution in [3.63, 3.8) is 0 Å². The number of halogens is 2. The number of ether oxygens (including phenoxy) is 1. The van der Waals surface area contributed by atoms with Crippen LogP contribution in [0.5, 0.6) is 0 Å². The molecule has 1 saturated heterocycles. The van der Waals surface area contributed by atoms with Crippen LogP contribution in [0.1, 0.15) is 49.8 Å². The van der Waals surface area contributed by atoms with Gasteiger partial charge in [0.15, 0.2) is 0 Å². The number of nitrogens with zero attached hydrogens (tertiary/aromatic N) is 3. The molecular weight excluding hydrogens is 378 g/mol. The van der Waals surface area contributed by atoms with E-state index in [1.807, 2.05) is 0 Å². The molecule has 1 aromatic heterocycles. The van der Waals surface area contributed by atoms with Crippen molar-refractivity contribution >= 4 is 17.7 Å². The standard InChI is InChI=1S/C21H28F2N4O2/c1-29-17(28)8-14-15-10-27(11-16(14)15)19-13-6-3-7-21(22,23)18(13)25-20(26-19)24-9-12-4-2-5-12/h12,14-16H,2-11H2,1H3,(H,24,25,26). The van der Waals surface area contributed by atoms with Crippen LogP contribution in [0.3, 0.4) is 0 Å². The third kappa shape index (κ3) is 3.44. The van der Waals surface area contributed by atoms with E-state index >= 15 is 0 Å². The van der Waals surface area contributed by atoms with Crippen LogP contribution in [0, 0.1) is 23.7 Å². The number of carbonyl (C=O) groups excluding carboxylic acids is 1. The van der Waals surface area contributed by atoms with Gasteiger partial charge in [0.25, 0.3) is 5.92 Å². The van der Waals surface area contributed by atoms with E-state index in [4.69, 9.17) is 9.72 Å². The first-order valence-electron chi connectivity index (χ1n) is 10.8. The first-order chi connectivity index (χ1) is 14.0. The normalized spacial score (nSPS) is 29.6. The Morgan fingerprint density at radius 3 is 2.66 bits per heavy atom. The number of hydrogen-bond acceptors (Lipinski definition) is 6. The van der Waals surface area contributed by atoms with Crippen LogP contribution in [0.2, 0.25) is 0 Å². The summed E-state index contributed by atoms with van der Waals surface area (Å²) in [6, 6.07) is 0. The number of fused-ring (bicyclic) bond motifs is 2. The lowest BCUT2D eigenvalue weighted by Crippen LogP contribution is -2.32. The van der Waals surface area contributed by atoms with Crippen molar-refractivity contribution in [2.24, 2.45) is 23.7 Å². The minimum absolute atomic E-state index is 0.0865. The summed E-state index contributed by atoms with van der Waals surface area (Å²) >= 11 is 0. The molecule has 2 unspecified atom stereocenters. The second-order valence-corrected chi connectivity index (χ2v) is 9.11. The molecule has 0 radical (unpaired) electrons. The first kappa shape index (κ1) is 19.0. The second kappa shape index (κ2) is 7.06. The Morgan fingerprint density at radius 1 is 1.24 bits per heavy atom. The van der Waals surface area contributed by atoms with Gasteiger partial charge in [-0.05, 0) is 49.4 Å². The number of aromatic nitrogens is 2. The molecule has 1 N–H and O–H groups in total. The molecule has 2 saturated carbocycles. The molecule has 6 nitrogen and oxygen atoms in total. The fraction of sp³-hybridized carbons (Fsp3) is 0.762. The van der Waals surface area contributed by atoms with E-state index in [1.54, 1.807) is 0 Å². The number of rotatable bonds is 6. The third-order valence-electron chi connectivity index (χ3n) is 7.32. The van der Waals surface area contributed by atoms with Gasteiger partial charge in [-0.1, -0.05) is 6.42 Å². The summed E-state index contributed by atoms with van der Waals surface area (Å²) in [6.07, 6.45) is 4.95. The monoisotopic (exact) mass is 406 g/mol. The van der Waals surface area contributed by atoms with E-state index < -0.39 is 5.92 Å². The molecule has 2 atom stereocenters. The number of alkyl halides is 2. The van der Waals surface area contributed by atoms with E-state index in [1.165, 1.54) is 26.4 Å². The number of carbonyl (C=O) groups is 1. The lowest BCUT2D eigenvalue weighted by molar-refractivity contribution is -0.141. The summed E-state index contributed by atoms with van der Waals surface area (Å²) in [5, 5.41) is 3.22. The Labute approximate surface area is 169 Å². The van der Waals surface area contributed by atoms with Gasteiger partial charge in [0.1, 0.15) is 11.5 Å². The average molecular weight is 406 g/mol. The van der Waals surface area contributed by atoms with Crippen LogP contribution in [0.4, 0.5) is 20.5 Å². The van der Waals surface area contributed by atoms with Gasteiger partial charge in [-0.3, -0.25) is 4.79 Å². The maximum Gasteiger partial charge on any atom is 0.305 e. The predicted octanol–water partition coefficient (Wildman–Crippen LogP) is 3.36. The molecule has 8 heteroatoms. The van der Waals surface area contributed by atoms with E-state index in [-0.39, 0.29) is 18.1 Å². The van der Waals surface area contributed by atoms with Gasteiger partial charge in [-0.15, -0.1) is 0 Å². The summed E-state index contributed by atoms with van der Waals surface area (Å²) in [7, 11) is 1.41. The molecule has 0 aromatic carbocycles. The molecule has 2 heterocycles. The van der Waals surface area contributed by atoms with Crippen molar-refractivity contribution in [1.29, 1.82) is 0 Å². The highest BCUT2D eigenvalue weighted by Gasteiger charge is 2.57. The topological polar surface area (TPSA) is 67.3 Å². The van der Waals surface area contributed by atoms with Crippen molar-refractivity contribution in [2.45, 2.75) is 50.9 Å². The smallest absolute Gasteiger partial charge is 0.305 e. The molecule has 1 aliphatic heterocycles. The largest absolute Gasteiger partial charge is 0.469 e. The minimum atomic E-state index is -2.89. The molecular formula is C21H28F2N4O2. The van der Waals surface area contributed by atoms with Crippen molar-refractivity contribution in [3.8, 4) is 0 Å². The number of methoxy groups -OCH3 is 1. The van der Waals surface area contributed by atoms with Crippen molar-refractivity contribution in [3.05, 3.63) is 11.3 Å². The Kier molecular flexibility index (Phi) is 4.62. The number of hydrogen-bond donors (Lipinski definition) is 1. The minimum Gasteiger partial charge on any atom is -0.469 e. The Bertz CT molecular complexity index is 802. The molecule has 0 bridgehead atoms. The van der Waals surface area contributed by atoms with E-state index in [2.05, 4.69) is 15.2 Å². The van der Waals surface area contributed by atoms with Crippen LogP contribution in [-0.4, -0.2) is 42.7 Å². The molecule has 158 valence electrons. The van der Waals surface area contributed by atoms with E-state index in [0.717, 1.165) is 19.6 Å². The van der Waals surface area contributed by atoms with Crippen molar-refractivity contribution in [2.75, 3.05) is 37.0 Å². The van der Waals surface area contributed by atoms with Gasteiger partial charge >= 0.3 is 5.97 Å². The van der Waals surface area contributed by atoms with Gasteiger partial charge in [0.05, 0.1) is 7.11 Å². The van der Waals surface area contributed by atoms with Gasteiger partial charge in [-0.25, -0.2) is 4.98 Å². The zero-order valence-electron chi connectivity index (χ0n) is 16.8. The summed E-state index contributed by atoms with van der Waals surface area (Å²) in [5.74, 6) is -0.253. The molecule has 29 heavy (non-hydrogen) atoms. The molecule has 3 fully saturated rings. The zero-order valence-corrected chi connectivity index (χ0v) is 16.8. The molecule has 1 aromatic rings. The highest BCUT2D eigenvalue weighted by Crippen LogP contribution is 2.55. The lowest BCUT2D eigenvalue weighted by atomic mass is 9.85. The number of nitrogens with one attached hydrogen (secondary N) is 1. The van der Waals surface area contributed by atoms with Crippen LogP contribution in [0.15, 0.2) is 0 Å². The Balaban J connectivity index is 1.37. The second-order valence-electron chi connectivity index (χ2n) is 9.11. The van der Waals surface area contributed by atoms with Crippen LogP contribution in [0.25, 0.3) is 0 Å². The molecule has 0 amide bonds. The van der Waals surface area contributed by atoms with E-state index in [9.17, 15) is 13.6 Å². The molecule has 4 aliphatic rings. The summed E-state index contributed by atoms with van der Waals surface area (Å²) in [6.45, 7) is 2.28. The van der Waals surface area contributed by atoms with Crippen LogP contribution in [-0.2, 0) is 21.9 Å². The quantitative estimate of drug-likeness (QED) is 0.731. The number of piperidine rings is 1. The van der Waals surface area contributed by atoms with Crippen molar-refractivity contribution in [1.82, 2.24) is 9.97 Å². The Hall–Kier alpha value is -1.99. The van der Waals surface area contributed by atoms with Crippen LogP contribution < -0.4 is 10.2 Å². The first-order valence-corrected chi connectivity index (χ1v) is 10.8. The number of anilines is 2. The third-order valence-corrected chi connectivity index (χ3v) is 7.32. The molecule has 0 spiro atoms. The van der Waals surface area contributed by atoms with Crippen molar-refractivity contribution < 1.29 is 18.3 Å². The lowest BCUT2D eigenvalue weighted by Gasteiger charge is -2.31. The fourth-order valence-corrected chi connectivity index (χ4v) is 5.28.